The molecule has 0 atom stereocenters. The summed E-state index contributed by atoms with van der Waals surface area (Å²) in [6, 6.07) is 17.1. The number of ether oxygens (including phenoxy) is 2. The molecule has 0 amide bonds. The van der Waals surface area contributed by atoms with Crippen molar-refractivity contribution in [3.05, 3.63) is 54.1 Å². The van der Waals surface area contributed by atoms with Crippen molar-refractivity contribution >= 4 is 43.9 Å². The van der Waals surface area contributed by atoms with Gasteiger partial charge in [-0.05, 0) is 68.0 Å². The van der Waals surface area contributed by atoms with Gasteiger partial charge in [-0.1, -0.05) is 64.5 Å². The van der Waals surface area contributed by atoms with Crippen LogP contribution in [0.3, 0.4) is 0 Å². The summed E-state index contributed by atoms with van der Waals surface area (Å²) in [6.07, 6.45) is 13.1. The van der Waals surface area contributed by atoms with Crippen molar-refractivity contribution in [1.29, 1.82) is 0 Å². The molecule has 0 saturated heterocycles. The number of aryl methyl sites for hydroxylation is 1. The highest BCUT2D eigenvalue weighted by Crippen LogP contribution is 2.39. The molecule has 0 unspecified atom stereocenters. The molecule has 38 heavy (non-hydrogen) atoms. The first-order chi connectivity index (χ1) is 18.8. The van der Waals surface area contributed by atoms with E-state index in [1.54, 1.807) is 0 Å². The normalized spacial score (nSPS) is 11.9. The zero-order valence-corrected chi connectivity index (χ0v) is 23.2. The molecule has 0 aliphatic rings. The van der Waals surface area contributed by atoms with Crippen molar-refractivity contribution in [3.8, 4) is 5.75 Å². The number of benzene rings is 3. The Bertz CT molecular complexity index is 1350. The first-order valence-electron chi connectivity index (χ1n) is 14.8. The maximum Gasteiger partial charge on any atom is 0.178 e. The molecule has 5 rings (SSSR count). The molecule has 0 aliphatic carbocycles. The summed E-state index contributed by atoms with van der Waals surface area (Å²) < 4.78 is 24.5. The zero-order chi connectivity index (χ0) is 26.2. The minimum Gasteiger partial charge on any atom is -0.493 e. The summed E-state index contributed by atoms with van der Waals surface area (Å²) in [6.45, 7) is 6.93. The van der Waals surface area contributed by atoms with Crippen LogP contribution in [0.1, 0.15) is 83.6 Å². The van der Waals surface area contributed by atoms with Crippen LogP contribution in [0.5, 0.6) is 5.75 Å². The van der Waals surface area contributed by atoms with Gasteiger partial charge in [0.05, 0.1) is 6.61 Å². The van der Waals surface area contributed by atoms with Crippen LogP contribution in [-0.2, 0) is 11.2 Å². The van der Waals surface area contributed by atoms with Gasteiger partial charge in [0, 0.05) is 40.8 Å². The third-order valence-corrected chi connectivity index (χ3v) is 7.53. The molecule has 5 aromatic rings. The van der Waals surface area contributed by atoms with Gasteiger partial charge in [0.2, 0.25) is 0 Å². The van der Waals surface area contributed by atoms with Gasteiger partial charge in [0.1, 0.15) is 16.9 Å². The second-order valence-electron chi connectivity index (χ2n) is 10.6. The fourth-order valence-electron chi connectivity index (χ4n) is 5.29. The third-order valence-electron chi connectivity index (χ3n) is 7.53. The lowest BCUT2D eigenvalue weighted by Gasteiger charge is -2.06. The maximum absolute atomic E-state index is 6.41. The van der Waals surface area contributed by atoms with E-state index in [9.17, 15) is 0 Å². The number of unbranched alkanes of at least 4 members (excludes halogenated alkanes) is 7. The molecule has 4 nitrogen and oxygen atoms in total. The van der Waals surface area contributed by atoms with Gasteiger partial charge < -0.3 is 18.3 Å². The van der Waals surface area contributed by atoms with E-state index in [0.29, 0.717) is 0 Å². The van der Waals surface area contributed by atoms with Gasteiger partial charge >= 0.3 is 0 Å². The molecule has 4 heteroatoms. The second kappa shape index (κ2) is 13.2. The Hall–Kier alpha value is -2.98. The predicted molar refractivity (Wildman–Crippen MR) is 159 cm³/mol. The molecule has 0 fully saturated rings. The van der Waals surface area contributed by atoms with E-state index >= 15 is 0 Å². The van der Waals surface area contributed by atoms with E-state index < -0.39 is 0 Å². The first kappa shape index (κ1) is 26.6. The van der Waals surface area contributed by atoms with E-state index in [4.69, 9.17) is 18.3 Å². The van der Waals surface area contributed by atoms with E-state index in [-0.39, 0.29) is 0 Å². The zero-order valence-electron chi connectivity index (χ0n) is 23.2. The monoisotopic (exact) mass is 514 g/mol. The lowest BCUT2D eigenvalue weighted by molar-refractivity contribution is 0.127. The number of hydrogen-bond acceptors (Lipinski definition) is 4. The van der Waals surface area contributed by atoms with Crippen LogP contribution in [-0.4, -0.2) is 19.8 Å². The summed E-state index contributed by atoms with van der Waals surface area (Å²) in [5.74, 6) is 0.867. The van der Waals surface area contributed by atoms with Crippen molar-refractivity contribution in [2.45, 2.75) is 84.5 Å². The van der Waals surface area contributed by atoms with Gasteiger partial charge in [0.25, 0.3) is 0 Å². The summed E-state index contributed by atoms with van der Waals surface area (Å²) in [5, 5.41) is 4.41. The molecule has 0 aliphatic heterocycles. The van der Waals surface area contributed by atoms with Crippen LogP contribution in [0, 0.1) is 0 Å². The van der Waals surface area contributed by atoms with Gasteiger partial charge in [0.15, 0.2) is 11.2 Å². The van der Waals surface area contributed by atoms with E-state index in [0.717, 1.165) is 102 Å². The molecular formula is C34H42O4. The summed E-state index contributed by atoms with van der Waals surface area (Å²) in [5.41, 5.74) is 4.71. The molecule has 2 heterocycles. The van der Waals surface area contributed by atoms with Crippen molar-refractivity contribution in [1.82, 2.24) is 0 Å². The third kappa shape index (κ3) is 6.18. The molecule has 202 valence electrons. The van der Waals surface area contributed by atoms with E-state index in [1.807, 2.05) is 6.07 Å². The predicted octanol–water partition coefficient (Wildman–Crippen LogP) is 10.4. The average molecular weight is 515 g/mol. The van der Waals surface area contributed by atoms with Gasteiger partial charge in [-0.25, -0.2) is 0 Å². The van der Waals surface area contributed by atoms with Crippen LogP contribution in [0.4, 0.5) is 0 Å². The SMILES string of the molecule is CCCCCCCCOc1ccc2c(c1)oc1c2ccc2c3ccc(CCCCOCCCC)cc3oc21. The van der Waals surface area contributed by atoms with E-state index in [1.165, 1.54) is 44.1 Å². The van der Waals surface area contributed by atoms with E-state index in [2.05, 4.69) is 56.3 Å². The summed E-state index contributed by atoms with van der Waals surface area (Å²) >= 11 is 0. The van der Waals surface area contributed by atoms with Crippen LogP contribution in [0.25, 0.3) is 43.9 Å². The largest absolute Gasteiger partial charge is 0.493 e. The van der Waals surface area contributed by atoms with Crippen LogP contribution in [0.2, 0.25) is 0 Å². The van der Waals surface area contributed by atoms with Crippen molar-refractivity contribution < 1.29 is 18.3 Å². The minimum atomic E-state index is 0.750. The molecule has 0 radical (unpaired) electrons. The van der Waals surface area contributed by atoms with Crippen LogP contribution >= 0.6 is 0 Å². The number of rotatable bonds is 16. The first-order valence-corrected chi connectivity index (χ1v) is 14.8. The molecule has 0 N–H and O–H groups in total. The maximum atomic E-state index is 6.41. The lowest BCUT2D eigenvalue weighted by atomic mass is 10.0. The molecule has 3 aromatic carbocycles. The standard InChI is InChI=1S/C34H42O4/c1-3-5-7-8-9-11-22-36-26-15-17-28-30-19-18-29-27-16-14-25(13-10-12-21-35-20-6-4-2)23-31(27)37-33(29)34(30)38-32(28)24-26/h14-19,23-24H,3-13,20-22H2,1-2H3. The molecule has 2 aromatic heterocycles. The Morgan fingerprint density at radius 1 is 0.553 bits per heavy atom. The lowest BCUT2D eigenvalue weighted by Crippen LogP contribution is -1.97. The summed E-state index contributed by atoms with van der Waals surface area (Å²) in [7, 11) is 0. The quantitative estimate of drug-likeness (QED) is 0.123. The smallest absolute Gasteiger partial charge is 0.178 e. The Balaban J connectivity index is 1.28. The van der Waals surface area contributed by atoms with Crippen molar-refractivity contribution in [3.63, 3.8) is 0 Å². The minimum absolute atomic E-state index is 0.750. The Morgan fingerprint density at radius 3 is 1.92 bits per heavy atom. The van der Waals surface area contributed by atoms with Crippen LogP contribution < -0.4 is 4.74 Å². The summed E-state index contributed by atoms with van der Waals surface area (Å²) in [4.78, 5) is 0. The Kier molecular flexibility index (Phi) is 9.24. The number of fused-ring (bicyclic) bond motifs is 7. The second-order valence-corrected chi connectivity index (χ2v) is 10.6. The average Bonchev–Trinajstić information content (AvgIpc) is 3.49. The molecule has 0 bridgehead atoms. The molecule has 0 spiro atoms. The Morgan fingerprint density at radius 2 is 1.16 bits per heavy atom. The highest BCUT2D eigenvalue weighted by atomic mass is 16.5. The highest BCUT2D eigenvalue weighted by molar-refractivity contribution is 6.18. The van der Waals surface area contributed by atoms with Gasteiger partial charge in [-0.15, -0.1) is 0 Å². The molecule has 0 saturated carbocycles. The fourth-order valence-corrected chi connectivity index (χ4v) is 5.29. The fraction of sp³-hybridized carbons (Fsp3) is 0.471. The van der Waals surface area contributed by atoms with Gasteiger partial charge in [-0.2, -0.15) is 0 Å². The number of hydrogen-bond donors (Lipinski definition) is 0. The topological polar surface area (TPSA) is 44.7 Å². The van der Waals surface area contributed by atoms with Crippen LogP contribution in [0.15, 0.2) is 57.4 Å². The Labute approximate surface area is 226 Å². The highest BCUT2D eigenvalue weighted by Gasteiger charge is 2.16. The van der Waals surface area contributed by atoms with Crippen molar-refractivity contribution in [2.75, 3.05) is 19.8 Å². The number of furan rings is 2. The van der Waals surface area contributed by atoms with Gasteiger partial charge in [-0.3, -0.25) is 0 Å². The van der Waals surface area contributed by atoms with Crippen molar-refractivity contribution in [2.24, 2.45) is 0 Å². The molecular weight excluding hydrogens is 472 g/mol.